The number of rotatable bonds is 5. The van der Waals surface area contributed by atoms with E-state index in [1.54, 1.807) is 32.4 Å². The van der Waals surface area contributed by atoms with Crippen LogP contribution in [-0.4, -0.2) is 14.2 Å². The molecule has 0 aliphatic carbocycles. The van der Waals surface area contributed by atoms with Gasteiger partial charge in [0, 0.05) is 16.6 Å². The molecule has 0 aliphatic rings. The number of hydrogen-bond donors (Lipinski definition) is 1. The molecule has 2 nitrogen and oxygen atoms in total. The number of ether oxygens (including phenoxy) is 1. The van der Waals surface area contributed by atoms with E-state index in [0.29, 0.717) is 22.8 Å². The Bertz CT molecular complexity index is 634. The standard InChI is InChI=1S/C16H16ClF2NO/c1-20-14(8-10-4-3-5-13(18)16(10)19)12-7-6-11(17)9-15(12)21-2/h3-7,9,14,20H,8H2,1-2H3. The highest BCUT2D eigenvalue weighted by atomic mass is 35.5. The summed E-state index contributed by atoms with van der Waals surface area (Å²) in [6.07, 6.45) is 0.304. The Kier molecular flexibility index (Phi) is 5.15. The van der Waals surface area contributed by atoms with Crippen LogP contribution in [0.4, 0.5) is 8.78 Å². The first-order valence-corrected chi connectivity index (χ1v) is 6.88. The monoisotopic (exact) mass is 311 g/mol. The SMILES string of the molecule is CNC(Cc1cccc(F)c1F)c1ccc(Cl)cc1OC. The van der Waals surface area contributed by atoms with Gasteiger partial charge in [-0.3, -0.25) is 0 Å². The maximum Gasteiger partial charge on any atom is 0.162 e. The first-order valence-electron chi connectivity index (χ1n) is 6.50. The summed E-state index contributed by atoms with van der Waals surface area (Å²) in [6, 6.07) is 9.23. The fourth-order valence-electron chi connectivity index (χ4n) is 2.27. The Labute approximate surface area is 127 Å². The predicted octanol–water partition coefficient (Wildman–Crippen LogP) is 4.13. The molecule has 0 saturated carbocycles. The third-order valence-corrected chi connectivity index (χ3v) is 3.61. The van der Waals surface area contributed by atoms with E-state index in [4.69, 9.17) is 16.3 Å². The quantitative estimate of drug-likeness (QED) is 0.896. The topological polar surface area (TPSA) is 21.3 Å². The van der Waals surface area contributed by atoms with E-state index < -0.39 is 11.6 Å². The van der Waals surface area contributed by atoms with Crippen LogP contribution in [0.5, 0.6) is 5.75 Å². The summed E-state index contributed by atoms with van der Waals surface area (Å²) >= 11 is 5.94. The van der Waals surface area contributed by atoms with Gasteiger partial charge in [0.1, 0.15) is 5.75 Å². The highest BCUT2D eigenvalue weighted by molar-refractivity contribution is 6.30. The van der Waals surface area contributed by atoms with E-state index in [2.05, 4.69) is 5.32 Å². The summed E-state index contributed by atoms with van der Waals surface area (Å²) in [4.78, 5) is 0. The molecule has 0 aliphatic heterocycles. The van der Waals surface area contributed by atoms with Gasteiger partial charge in [-0.15, -0.1) is 0 Å². The van der Waals surface area contributed by atoms with Crippen molar-refractivity contribution in [2.24, 2.45) is 0 Å². The molecule has 0 saturated heterocycles. The molecule has 0 spiro atoms. The minimum Gasteiger partial charge on any atom is -0.496 e. The Balaban J connectivity index is 2.34. The lowest BCUT2D eigenvalue weighted by Gasteiger charge is -2.20. The predicted molar refractivity (Wildman–Crippen MR) is 79.9 cm³/mol. The molecule has 0 aromatic heterocycles. The fourth-order valence-corrected chi connectivity index (χ4v) is 2.43. The van der Waals surface area contributed by atoms with E-state index in [0.717, 1.165) is 11.6 Å². The van der Waals surface area contributed by atoms with Crippen LogP contribution in [0.25, 0.3) is 0 Å². The maximum atomic E-state index is 13.8. The van der Waals surface area contributed by atoms with Gasteiger partial charge in [0.15, 0.2) is 11.6 Å². The number of likely N-dealkylation sites (N-methyl/N-ethyl adjacent to an activating group) is 1. The molecule has 1 unspecified atom stereocenters. The van der Waals surface area contributed by atoms with E-state index in [1.807, 2.05) is 6.07 Å². The number of nitrogens with one attached hydrogen (secondary N) is 1. The van der Waals surface area contributed by atoms with Gasteiger partial charge in [-0.2, -0.15) is 0 Å². The van der Waals surface area contributed by atoms with Crippen LogP contribution in [0.15, 0.2) is 36.4 Å². The van der Waals surface area contributed by atoms with E-state index >= 15 is 0 Å². The van der Waals surface area contributed by atoms with Gasteiger partial charge < -0.3 is 10.1 Å². The van der Waals surface area contributed by atoms with Crippen molar-refractivity contribution in [3.05, 3.63) is 64.2 Å². The van der Waals surface area contributed by atoms with Gasteiger partial charge in [-0.1, -0.05) is 29.8 Å². The summed E-state index contributed by atoms with van der Waals surface area (Å²) in [6.45, 7) is 0. The smallest absolute Gasteiger partial charge is 0.162 e. The summed E-state index contributed by atoms with van der Waals surface area (Å²) in [5.74, 6) is -1.05. The number of hydrogen-bond acceptors (Lipinski definition) is 2. The molecule has 1 N–H and O–H groups in total. The Morgan fingerprint density at radius 1 is 1.24 bits per heavy atom. The Hall–Kier alpha value is -1.65. The van der Waals surface area contributed by atoms with Crippen molar-refractivity contribution in [3.63, 3.8) is 0 Å². The van der Waals surface area contributed by atoms with E-state index in [9.17, 15) is 8.78 Å². The fraction of sp³-hybridized carbons (Fsp3) is 0.250. The lowest BCUT2D eigenvalue weighted by molar-refractivity contribution is 0.400. The van der Waals surface area contributed by atoms with Crippen LogP contribution in [0.2, 0.25) is 5.02 Å². The average Bonchev–Trinajstić information content (AvgIpc) is 2.49. The lowest BCUT2D eigenvalue weighted by Crippen LogP contribution is -2.20. The molecule has 112 valence electrons. The molecular weight excluding hydrogens is 296 g/mol. The van der Waals surface area contributed by atoms with E-state index in [1.165, 1.54) is 6.07 Å². The molecule has 0 radical (unpaired) electrons. The van der Waals surface area contributed by atoms with Crippen molar-refractivity contribution in [2.75, 3.05) is 14.2 Å². The average molecular weight is 312 g/mol. The molecule has 0 amide bonds. The molecule has 2 rings (SSSR count). The summed E-state index contributed by atoms with van der Waals surface area (Å²) in [5.41, 5.74) is 1.15. The van der Waals surface area contributed by atoms with Crippen molar-refractivity contribution in [3.8, 4) is 5.75 Å². The summed E-state index contributed by atoms with van der Waals surface area (Å²) in [7, 11) is 3.31. The second-order valence-corrected chi connectivity index (χ2v) is 5.08. The van der Waals surface area contributed by atoms with Crippen LogP contribution in [-0.2, 0) is 6.42 Å². The number of halogens is 3. The molecule has 2 aromatic carbocycles. The van der Waals surface area contributed by atoms with E-state index in [-0.39, 0.29) is 6.04 Å². The van der Waals surface area contributed by atoms with Crippen molar-refractivity contribution >= 4 is 11.6 Å². The first-order chi connectivity index (χ1) is 10.1. The summed E-state index contributed by atoms with van der Waals surface area (Å²) < 4.78 is 32.4. The molecular formula is C16H16ClF2NO. The maximum absolute atomic E-state index is 13.8. The second kappa shape index (κ2) is 6.87. The van der Waals surface area contributed by atoms with Crippen molar-refractivity contribution in [1.82, 2.24) is 5.32 Å². The third kappa shape index (κ3) is 3.52. The van der Waals surface area contributed by atoms with Crippen LogP contribution in [0, 0.1) is 11.6 Å². The zero-order chi connectivity index (χ0) is 15.4. The largest absolute Gasteiger partial charge is 0.496 e. The molecule has 0 bridgehead atoms. The van der Waals surface area contributed by atoms with Crippen LogP contribution >= 0.6 is 11.6 Å². The van der Waals surface area contributed by atoms with Gasteiger partial charge in [0.2, 0.25) is 0 Å². The van der Waals surface area contributed by atoms with Crippen LogP contribution in [0.1, 0.15) is 17.2 Å². The van der Waals surface area contributed by atoms with Gasteiger partial charge in [0.25, 0.3) is 0 Å². The second-order valence-electron chi connectivity index (χ2n) is 4.64. The van der Waals surface area contributed by atoms with Crippen LogP contribution < -0.4 is 10.1 Å². The Morgan fingerprint density at radius 2 is 2.00 bits per heavy atom. The zero-order valence-corrected chi connectivity index (χ0v) is 12.5. The van der Waals surface area contributed by atoms with Crippen LogP contribution in [0.3, 0.4) is 0 Å². The first kappa shape index (κ1) is 15.7. The van der Waals surface area contributed by atoms with Gasteiger partial charge in [-0.05, 0) is 37.2 Å². The van der Waals surface area contributed by atoms with Crippen molar-refractivity contribution in [2.45, 2.75) is 12.5 Å². The molecule has 5 heteroatoms. The van der Waals surface area contributed by atoms with Gasteiger partial charge in [-0.25, -0.2) is 8.78 Å². The van der Waals surface area contributed by atoms with Gasteiger partial charge in [0.05, 0.1) is 7.11 Å². The minimum atomic E-state index is -0.842. The molecule has 1 atom stereocenters. The summed E-state index contributed by atoms with van der Waals surface area (Å²) in [5, 5.41) is 3.65. The van der Waals surface area contributed by atoms with Crippen molar-refractivity contribution < 1.29 is 13.5 Å². The molecule has 0 fully saturated rings. The van der Waals surface area contributed by atoms with Gasteiger partial charge >= 0.3 is 0 Å². The normalized spacial score (nSPS) is 12.2. The minimum absolute atomic E-state index is 0.214. The lowest BCUT2D eigenvalue weighted by atomic mass is 9.97. The molecule has 0 heterocycles. The van der Waals surface area contributed by atoms with Crippen molar-refractivity contribution in [1.29, 1.82) is 0 Å². The number of benzene rings is 2. The highest BCUT2D eigenvalue weighted by Gasteiger charge is 2.18. The molecule has 21 heavy (non-hydrogen) atoms. The zero-order valence-electron chi connectivity index (χ0n) is 11.8. The number of methoxy groups -OCH3 is 1. The highest BCUT2D eigenvalue weighted by Crippen LogP contribution is 2.30. The Morgan fingerprint density at radius 3 is 2.67 bits per heavy atom. The third-order valence-electron chi connectivity index (χ3n) is 3.38. The molecule has 2 aromatic rings.